The van der Waals surface area contributed by atoms with Crippen LogP contribution in [0.1, 0.15) is 5.76 Å². The molecule has 2 aromatic rings. The van der Waals surface area contributed by atoms with Gasteiger partial charge in [-0.3, -0.25) is 0 Å². The van der Waals surface area contributed by atoms with E-state index in [1.165, 1.54) is 0 Å². The van der Waals surface area contributed by atoms with Gasteiger partial charge in [0.25, 0.3) is 0 Å². The minimum absolute atomic E-state index is 0.654. The maximum absolute atomic E-state index is 5.28. The third-order valence-electron chi connectivity index (χ3n) is 1.92. The Bertz CT molecular complexity index is 455. The zero-order valence-electron chi connectivity index (χ0n) is 8.23. The molecule has 0 bridgehead atoms. The van der Waals surface area contributed by atoms with Crippen molar-refractivity contribution in [2.24, 2.45) is 5.84 Å². The molecule has 0 atom stereocenters. The molecule has 0 unspecified atom stereocenters. The summed E-state index contributed by atoms with van der Waals surface area (Å²) in [6.45, 7) is 1.94. The largest absolute Gasteiger partial charge is 0.468 e. The number of pyridine rings is 1. The first-order valence-electron chi connectivity index (χ1n) is 4.44. The summed E-state index contributed by atoms with van der Waals surface area (Å²) in [7, 11) is 0. The van der Waals surface area contributed by atoms with Gasteiger partial charge >= 0.3 is 0 Å². The maximum atomic E-state index is 5.28. The Labute approximate surface area is 91.9 Å². The van der Waals surface area contributed by atoms with Crippen molar-refractivity contribution in [3.05, 3.63) is 36.4 Å². The van der Waals surface area contributed by atoms with Gasteiger partial charge in [0, 0.05) is 11.1 Å². The summed E-state index contributed by atoms with van der Waals surface area (Å²) < 4.78 is 5.22. The van der Waals surface area contributed by atoms with E-state index in [1.807, 2.05) is 25.1 Å². The van der Waals surface area contributed by atoms with Crippen LogP contribution in [0.3, 0.4) is 0 Å². The van der Waals surface area contributed by atoms with Crippen molar-refractivity contribution in [2.45, 2.75) is 16.7 Å². The third-order valence-corrected chi connectivity index (χ3v) is 3.05. The highest BCUT2D eigenvalue weighted by atomic mass is 32.2. The predicted octanol–water partition coefficient (Wildman–Crippen LogP) is 2.42. The minimum atomic E-state index is 0.654. The second kappa shape index (κ2) is 4.37. The normalized spacial score (nSPS) is 10.3. The molecule has 0 fully saturated rings. The quantitative estimate of drug-likeness (QED) is 0.615. The van der Waals surface area contributed by atoms with Crippen LogP contribution < -0.4 is 11.3 Å². The molecule has 2 aromatic heterocycles. The van der Waals surface area contributed by atoms with E-state index >= 15 is 0 Å². The molecular formula is C10H11N3OS. The molecule has 0 aliphatic carbocycles. The van der Waals surface area contributed by atoms with E-state index in [2.05, 4.69) is 10.4 Å². The fourth-order valence-electron chi connectivity index (χ4n) is 1.16. The molecular weight excluding hydrogens is 210 g/mol. The number of hydrogen-bond acceptors (Lipinski definition) is 5. The summed E-state index contributed by atoms with van der Waals surface area (Å²) >= 11 is 1.62. The van der Waals surface area contributed by atoms with Crippen LogP contribution in [0.5, 0.6) is 0 Å². The molecule has 0 saturated carbocycles. The van der Waals surface area contributed by atoms with Gasteiger partial charge < -0.3 is 9.84 Å². The summed E-state index contributed by atoms with van der Waals surface area (Å²) in [5, 5.41) is 0. The molecule has 0 radical (unpaired) electrons. The second-order valence-electron chi connectivity index (χ2n) is 2.96. The number of aromatic nitrogens is 1. The summed E-state index contributed by atoms with van der Waals surface area (Å²) in [6, 6.07) is 5.75. The highest BCUT2D eigenvalue weighted by molar-refractivity contribution is 7.99. The molecule has 0 aliphatic rings. The van der Waals surface area contributed by atoms with Crippen molar-refractivity contribution < 1.29 is 4.42 Å². The van der Waals surface area contributed by atoms with E-state index in [-0.39, 0.29) is 0 Å². The lowest BCUT2D eigenvalue weighted by Gasteiger charge is -2.02. The molecule has 0 amide bonds. The number of nitrogens with one attached hydrogen (secondary N) is 1. The molecule has 3 N–H and O–H groups in total. The van der Waals surface area contributed by atoms with E-state index in [4.69, 9.17) is 10.3 Å². The van der Waals surface area contributed by atoms with Crippen LogP contribution in [-0.4, -0.2) is 4.98 Å². The Balaban J connectivity index is 2.21. The molecule has 0 aliphatic heterocycles. The first-order valence-corrected chi connectivity index (χ1v) is 5.26. The van der Waals surface area contributed by atoms with Crippen molar-refractivity contribution in [3.8, 4) is 0 Å². The zero-order valence-corrected chi connectivity index (χ0v) is 9.04. The van der Waals surface area contributed by atoms with Gasteiger partial charge in [0.1, 0.15) is 11.6 Å². The summed E-state index contributed by atoms with van der Waals surface area (Å²) in [6.07, 6.45) is 3.40. The first-order chi connectivity index (χ1) is 7.29. The number of nitrogens with two attached hydrogens (primary N) is 1. The maximum Gasteiger partial charge on any atom is 0.140 e. The second-order valence-corrected chi connectivity index (χ2v) is 4.08. The summed E-state index contributed by atoms with van der Waals surface area (Å²) in [5.74, 6) is 6.85. The van der Waals surface area contributed by atoms with Crippen LogP contribution >= 0.6 is 11.8 Å². The predicted molar refractivity (Wildman–Crippen MR) is 59.6 cm³/mol. The molecule has 78 valence electrons. The number of nitrogens with zero attached hydrogens (tertiary/aromatic N) is 1. The van der Waals surface area contributed by atoms with Gasteiger partial charge in [0.15, 0.2) is 0 Å². The number of nitrogen functional groups attached to an aromatic ring is 1. The van der Waals surface area contributed by atoms with Crippen molar-refractivity contribution in [2.75, 3.05) is 5.43 Å². The average molecular weight is 221 g/mol. The zero-order chi connectivity index (χ0) is 10.7. The smallest absolute Gasteiger partial charge is 0.140 e. The molecule has 0 saturated heterocycles. The highest BCUT2D eigenvalue weighted by Gasteiger charge is 2.04. The van der Waals surface area contributed by atoms with E-state index in [0.717, 1.165) is 15.6 Å². The highest BCUT2D eigenvalue weighted by Crippen LogP contribution is 2.31. The fourth-order valence-corrected chi connectivity index (χ4v) is 2.03. The van der Waals surface area contributed by atoms with Crippen LogP contribution in [0.25, 0.3) is 0 Å². The van der Waals surface area contributed by atoms with Gasteiger partial charge in [0.2, 0.25) is 0 Å². The molecule has 0 spiro atoms. The number of hydrazine groups is 1. The van der Waals surface area contributed by atoms with Gasteiger partial charge in [-0.2, -0.15) is 0 Å². The Kier molecular flexibility index (Phi) is 2.94. The Morgan fingerprint density at radius 2 is 2.33 bits per heavy atom. The van der Waals surface area contributed by atoms with Gasteiger partial charge in [-0.05, 0) is 25.1 Å². The SMILES string of the molecule is Cc1occc1Sc1ccnc(NN)c1. The van der Waals surface area contributed by atoms with E-state index in [0.29, 0.717) is 5.82 Å². The van der Waals surface area contributed by atoms with Gasteiger partial charge in [-0.25, -0.2) is 10.8 Å². The van der Waals surface area contributed by atoms with Gasteiger partial charge in [-0.15, -0.1) is 0 Å². The third kappa shape index (κ3) is 2.31. The number of rotatable bonds is 3. The summed E-state index contributed by atoms with van der Waals surface area (Å²) in [5.41, 5.74) is 2.51. The fraction of sp³-hybridized carbons (Fsp3) is 0.100. The first kappa shape index (κ1) is 10.1. The molecule has 2 rings (SSSR count). The van der Waals surface area contributed by atoms with E-state index in [1.54, 1.807) is 24.2 Å². The monoisotopic (exact) mass is 221 g/mol. The molecule has 0 aromatic carbocycles. The van der Waals surface area contributed by atoms with E-state index < -0.39 is 0 Å². The lowest BCUT2D eigenvalue weighted by molar-refractivity contribution is 0.527. The van der Waals surface area contributed by atoms with E-state index in [9.17, 15) is 0 Å². The average Bonchev–Trinajstić information content (AvgIpc) is 2.65. The number of aryl methyl sites for hydroxylation is 1. The van der Waals surface area contributed by atoms with Crippen molar-refractivity contribution in [1.29, 1.82) is 0 Å². The molecule has 15 heavy (non-hydrogen) atoms. The number of hydrogen-bond donors (Lipinski definition) is 2. The van der Waals surface area contributed by atoms with Crippen LogP contribution in [0, 0.1) is 6.92 Å². The number of anilines is 1. The van der Waals surface area contributed by atoms with Crippen molar-refractivity contribution in [3.63, 3.8) is 0 Å². The summed E-state index contributed by atoms with van der Waals surface area (Å²) in [4.78, 5) is 6.21. The lowest BCUT2D eigenvalue weighted by atomic mass is 10.5. The van der Waals surface area contributed by atoms with Gasteiger partial charge in [0.05, 0.1) is 11.2 Å². The minimum Gasteiger partial charge on any atom is -0.468 e. The lowest BCUT2D eigenvalue weighted by Crippen LogP contribution is -2.07. The van der Waals surface area contributed by atoms with Crippen LogP contribution in [0.2, 0.25) is 0 Å². The molecule has 4 nitrogen and oxygen atoms in total. The van der Waals surface area contributed by atoms with Gasteiger partial charge in [-0.1, -0.05) is 11.8 Å². The van der Waals surface area contributed by atoms with Crippen LogP contribution in [-0.2, 0) is 0 Å². The Morgan fingerprint density at radius 1 is 1.47 bits per heavy atom. The van der Waals surface area contributed by atoms with Crippen molar-refractivity contribution in [1.82, 2.24) is 4.98 Å². The van der Waals surface area contributed by atoms with Crippen molar-refractivity contribution >= 4 is 17.6 Å². The topological polar surface area (TPSA) is 64.1 Å². The number of furan rings is 1. The Morgan fingerprint density at radius 3 is 3.00 bits per heavy atom. The van der Waals surface area contributed by atoms with Crippen LogP contribution in [0.4, 0.5) is 5.82 Å². The molecule has 5 heteroatoms. The Hall–Kier alpha value is -1.46. The van der Waals surface area contributed by atoms with Crippen LogP contribution in [0.15, 0.2) is 44.9 Å². The molecule has 2 heterocycles. The standard InChI is InChI=1S/C10H11N3OS/c1-7-9(3-5-14-7)15-8-2-4-12-10(6-8)13-11/h2-6H,11H2,1H3,(H,12,13).